The lowest BCUT2D eigenvalue weighted by Gasteiger charge is -2.58. The van der Waals surface area contributed by atoms with Crippen LogP contribution in [-0.2, 0) is 19.1 Å². The Bertz CT molecular complexity index is 855. The molecule has 0 aromatic heterocycles. The van der Waals surface area contributed by atoms with Crippen molar-refractivity contribution in [1.82, 2.24) is 0 Å². The molecule has 11 atom stereocenters. The minimum absolute atomic E-state index is 0.0920. The number of hydrogen-bond acceptors (Lipinski definition) is 7. The highest BCUT2D eigenvalue weighted by Gasteiger charge is 2.60. The summed E-state index contributed by atoms with van der Waals surface area (Å²) in [6.45, 7) is 4.58. The van der Waals surface area contributed by atoms with Crippen molar-refractivity contribution in [2.45, 2.75) is 102 Å². The lowest BCUT2D eigenvalue weighted by atomic mass is 9.47. The van der Waals surface area contributed by atoms with Gasteiger partial charge in [0.1, 0.15) is 18.3 Å². The Hall–Kier alpha value is -1.32. The van der Waals surface area contributed by atoms with Crippen LogP contribution in [-0.4, -0.2) is 69.0 Å². The molecule has 0 aromatic rings. The zero-order valence-corrected chi connectivity index (χ0v) is 19.4. The number of carbonyl (C=O) groups excluding carboxylic acids is 1. The molecule has 0 amide bonds. The first-order valence-corrected chi connectivity index (χ1v) is 12.4. The summed E-state index contributed by atoms with van der Waals surface area (Å²) in [6, 6.07) is 0. The molecule has 4 fully saturated rings. The van der Waals surface area contributed by atoms with Crippen molar-refractivity contribution in [3.8, 4) is 0 Å². The summed E-state index contributed by atoms with van der Waals surface area (Å²) < 4.78 is 11.6. The van der Waals surface area contributed by atoms with Crippen molar-refractivity contribution >= 4 is 11.8 Å². The fraction of sp³-hybridized carbons (Fsp3) is 0.840. The van der Waals surface area contributed by atoms with Crippen LogP contribution in [0.4, 0.5) is 0 Å². The van der Waals surface area contributed by atoms with E-state index in [9.17, 15) is 30.0 Å². The minimum atomic E-state index is -1.72. The number of aliphatic hydroxyl groups excluding tert-OH is 3. The smallest absolute Gasteiger partial charge is 0.335 e. The summed E-state index contributed by atoms with van der Waals surface area (Å²) in [7, 11) is 0. The summed E-state index contributed by atoms with van der Waals surface area (Å²) in [5.41, 5.74) is 1.29. The van der Waals surface area contributed by atoms with E-state index in [2.05, 4.69) is 13.8 Å². The van der Waals surface area contributed by atoms with Crippen LogP contribution in [0.15, 0.2) is 11.6 Å². The Morgan fingerprint density at radius 3 is 2.48 bits per heavy atom. The lowest BCUT2D eigenvalue weighted by Crippen LogP contribution is -2.61. The van der Waals surface area contributed by atoms with Gasteiger partial charge in [-0.25, -0.2) is 4.79 Å². The van der Waals surface area contributed by atoms with Crippen LogP contribution in [0.25, 0.3) is 0 Å². The first kappa shape index (κ1) is 23.4. The Balaban J connectivity index is 1.34. The molecule has 3 saturated carbocycles. The topological polar surface area (TPSA) is 134 Å². The van der Waals surface area contributed by atoms with Gasteiger partial charge in [-0.2, -0.15) is 0 Å². The number of aliphatic hydroxyl groups is 3. The summed E-state index contributed by atoms with van der Waals surface area (Å²) in [5, 5.41) is 39.9. The number of ether oxygens (including phenoxy) is 2. The van der Waals surface area contributed by atoms with Crippen LogP contribution < -0.4 is 0 Å². The molecule has 6 unspecified atom stereocenters. The van der Waals surface area contributed by atoms with E-state index in [1.165, 1.54) is 5.57 Å². The number of fused-ring (bicyclic) bond motifs is 5. The molecule has 8 nitrogen and oxygen atoms in total. The SMILES string of the molecule is CC12CCC(=O)C=C1CCC1C2CCC2(C)C1CC[C@@H]2O[C@H]1OC(C(=O)O)[C@H](O)[C@H](O)[C@@H]1O. The molecule has 5 rings (SSSR count). The fourth-order valence-corrected chi connectivity index (χ4v) is 8.06. The van der Waals surface area contributed by atoms with E-state index in [1.807, 2.05) is 6.08 Å². The molecule has 0 spiro atoms. The van der Waals surface area contributed by atoms with E-state index >= 15 is 0 Å². The normalized spacial score (nSPS) is 51.8. The molecule has 184 valence electrons. The molecule has 8 heteroatoms. The third-order valence-corrected chi connectivity index (χ3v) is 9.99. The lowest BCUT2D eigenvalue weighted by molar-refractivity contribution is -0.312. The van der Waals surface area contributed by atoms with E-state index in [0.29, 0.717) is 24.2 Å². The van der Waals surface area contributed by atoms with Crippen molar-refractivity contribution < 1.29 is 39.5 Å². The highest BCUT2D eigenvalue weighted by atomic mass is 16.7. The third-order valence-electron chi connectivity index (χ3n) is 9.99. The molecular weight excluding hydrogens is 428 g/mol. The predicted molar refractivity (Wildman–Crippen MR) is 116 cm³/mol. The van der Waals surface area contributed by atoms with Gasteiger partial charge in [0.15, 0.2) is 18.2 Å². The van der Waals surface area contributed by atoms with Gasteiger partial charge in [-0.1, -0.05) is 19.4 Å². The van der Waals surface area contributed by atoms with Gasteiger partial charge in [-0.05, 0) is 79.6 Å². The van der Waals surface area contributed by atoms with Gasteiger partial charge >= 0.3 is 5.97 Å². The van der Waals surface area contributed by atoms with Crippen molar-refractivity contribution in [1.29, 1.82) is 0 Å². The van der Waals surface area contributed by atoms with Gasteiger partial charge in [-0.3, -0.25) is 4.79 Å². The molecule has 0 bridgehead atoms. The number of hydrogen-bond donors (Lipinski definition) is 4. The maximum absolute atomic E-state index is 12.0. The molecule has 33 heavy (non-hydrogen) atoms. The van der Waals surface area contributed by atoms with Gasteiger partial charge in [0.2, 0.25) is 0 Å². The average Bonchev–Trinajstić information content (AvgIpc) is 3.10. The molecule has 1 heterocycles. The molecular formula is C25H36O8. The quantitative estimate of drug-likeness (QED) is 0.497. The van der Waals surface area contributed by atoms with Crippen molar-refractivity contribution in [3.63, 3.8) is 0 Å². The number of aliphatic carboxylic acids is 1. The van der Waals surface area contributed by atoms with Gasteiger partial charge in [0.05, 0.1) is 6.10 Å². The van der Waals surface area contributed by atoms with Crippen molar-refractivity contribution in [2.75, 3.05) is 0 Å². The molecule has 4 aliphatic carbocycles. The fourth-order valence-electron chi connectivity index (χ4n) is 8.06. The molecule has 5 aliphatic rings. The van der Waals surface area contributed by atoms with Gasteiger partial charge < -0.3 is 29.9 Å². The average molecular weight is 465 g/mol. The zero-order chi connectivity index (χ0) is 23.7. The summed E-state index contributed by atoms with van der Waals surface area (Å²) in [5.74, 6) is 0.400. The first-order valence-electron chi connectivity index (χ1n) is 12.4. The van der Waals surface area contributed by atoms with Gasteiger partial charge in [-0.15, -0.1) is 0 Å². The molecule has 4 N–H and O–H groups in total. The van der Waals surface area contributed by atoms with Crippen LogP contribution in [0.2, 0.25) is 0 Å². The molecule has 0 radical (unpaired) electrons. The van der Waals surface area contributed by atoms with Gasteiger partial charge in [0.25, 0.3) is 0 Å². The van der Waals surface area contributed by atoms with E-state index < -0.39 is 36.7 Å². The van der Waals surface area contributed by atoms with Gasteiger partial charge in [0, 0.05) is 6.42 Å². The number of carboxylic acid groups (broad SMARTS) is 1. The standard InChI is InChI=1S/C25H36O8/c1-24-9-7-13(26)11-12(24)3-4-14-15-5-6-17(25(15,2)10-8-16(14)24)32-23-20(29)18(27)19(28)21(33-23)22(30)31/h11,14-21,23,27-29H,3-10H2,1-2H3,(H,30,31)/t14?,15?,16?,17-,18-,19+,20-,21?,23-,24?,25?/m0/s1. The summed E-state index contributed by atoms with van der Waals surface area (Å²) in [6.07, 6.45) is 1.24. The number of rotatable bonds is 3. The Morgan fingerprint density at radius 1 is 1.00 bits per heavy atom. The van der Waals surface area contributed by atoms with Crippen LogP contribution in [0, 0.1) is 28.6 Å². The van der Waals surface area contributed by atoms with E-state index in [-0.39, 0.29) is 22.7 Å². The largest absolute Gasteiger partial charge is 0.479 e. The Labute approximate surface area is 194 Å². The van der Waals surface area contributed by atoms with Crippen molar-refractivity contribution in [3.05, 3.63) is 11.6 Å². The number of allylic oxidation sites excluding steroid dienone is 1. The monoisotopic (exact) mass is 464 g/mol. The van der Waals surface area contributed by atoms with Crippen LogP contribution in [0.5, 0.6) is 0 Å². The third kappa shape index (κ3) is 3.52. The van der Waals surface area contributed by atoms with E-state index in [4.69, 9.17) is 9.47 Å². The minimum Gasteiger partial charge on any atom is -0.479 e. The number of ketones is 1. The van der Waals surface area contributed by atoms with Crippen LogP contribution in [0.1, 0.15) is 65.2 Å². The molecule has 0 aromatic carbocycles. The molecule has 1 aliphatic heterocycles. The highest BCUT2D eigenvalue weighted by molar-refractivity contribution is 5.91. The van der Waals surface area contributed by atoms with Crippen molar-refractivity contribution in [2.24, 2.45) is 28.6 Å². The van der Waals surface area contributed by atoms with Crippen LogP contribution >= 0.6 is 0 Å². The second-order valence-electron chi connectivity index (χ2n) is 11.5. The summed E-state index contributed by atoms with van der Waals surface area (Å²) in [4.78, 5) is 23.5. The Kier molecular flexibility index (Phi) is 5.77. The zero-order valence-electron chi connectivity index (χ0n) is 19.4. The maximum atomic E-state index is 12.0. The second kappa shape index (κ2) is 8.12. The Morgan fingerprint density at radius 2 is 1.76 bits per heavy atom. The first-order chi connectivity index (χ1) is 15.6. The van der Waals surface area contributed by atoms with E-state index in [0.717, 1.165) is 44.9 Å². The predicted octanol–water partition coefficient (Wildman–Crippen LogP) is 1.80. The summed E-state index contributed by atoms with van der Waals surface area (Å²) >= 11 is 0. The maximum Gasteiger partial charge on any atom is 0.335 e. The number of carbonyl (C=O) groups is 2. The van der Waals surface area contributed by atoms with Crippen LogP contribution in [0.3, 0.4) is 0 Å². The highest BCUT2D eigenvalue weighted by Crippen LogP contribution is 2.65. The number of carboxylic acids is 1. The second-order valence-corrected chi connectivity index (χ2v) is 11.5. The van der Waals surface area contributed by atoms with E-state index in [1.54, 1.807) is 0 Å². The molecule has 1 saturated heterocycles.